The number of hydrogen-bond donors (Lipinski definition) is 0. The van der Waals surface area contributed by atoms with Crippen LogP contribution in [0.3, 0.4) is 0 Å². The van der Waals surface area contributed by atoms with Gasteiger partial charge in [0.1, 0.15) is 18.7 Å². The van der Waals surface area contributed by atoms with Gasteiger partial charge in [0.25, 0.3) is 0 Å². The number of amides is 1. The highest BCUT2D eigenvalue weighted by Crippen LogP contribution is 2.21. The lowest BCUT2D eigenvalue weighted by atomic mass is 9.96. The van der Waals surface area contributed by atoms with Crippen molar-refractivity contribution in [1.82, 2.24) is 34.7 Å². The van der Waals surface area contributed by atoms with Crippen LogP contribution in [0.2, 0.25) is 0 Å². The van der Waals surface area contributed by atoms with E-state index in [0.29, 0.717) is 5.92 Å². The van der Waals surface area contributed by atoms with Crippen molar-refractivity contribution in [3.63, 3.8) is 0 Å². The summed E-state index contributed by atoms with van der Waals surface area (Å²) in [6.07, 6.45) is 9.16. The Morgan fingerprint density at radius 2 is 2.17 bits per heavy atom. The number of carbonyl (C=O) groups is 1. The lowest BCUT2D eigenvalue weighted by Crippen LogP contribution is -2.42. The summed E-state index contributed by atoms with van der Waals surface area (Å²) in [7, 11) is 0. The molecule has 0 N–H and O–H groups in total. The molecule has 1 atom stereocenters. The number of aromatic nitrogens is 6. The fourth-order valence-corrected chi connectivity index (χ4v) is 3.19. The molecule has 0 saturated carbocycles. The van der Waals surface area contributed by atoms with Crippen molar-refractivity contribution in [3.05, 3.63) is 24.5 Å². The van der Waals surface area contributed by atoms with Crippen LogP contribution in [0.25, 0.3) is 0 Å². The van der Waals surface area contributed by atoms with Gasteiger partial charge in [-0.25, -0.2) is 9.67 Å². The van der Waals surface area contributed by atoms with Crippen molar-refractivity contribution in [3.8, 4) is 0 Å². The highest BCUT2D eigenvalue weighted by molar-refractivity contribution is 5.80. The van der Waals surface area contributed by atoms with Crippen LogP contribution in [0, 0.1) is 5.92 Å². The zero-order valence-corrected chi connectivity index (χ0v) is 14.4. The molecule has 1 saturated heterocycles. The van der Waals surface area contributed by atoms with Gasteiger partial charge in [0.2, 0.25) is 5.91 Å². The number of rotatable bonds is 6. The summed E-state index contributed by atoms with van der Waals surface area (Å²) in [5.41, 5.74) is 1.06. The van der Waals surface area contributed by atoms with E-state index >= 15 is 0 Å². The zero-order chi connectivity index (χ0) is 16.9. The van der Waals surface area contributed by atoms with Crippen molar-refractivity contribution in [2.24, 2.45) is 5.92 Å². The monoisotopic (exact) mass is 331 g/mol. The second-order valence-corrected chi connectivity index (χ2v) is 6.50. The molecule has 3 heterocycles. The molecule has 0 bridgehead atoms. The van der Waals surface area contributed by atoms with Gasteiger partial charge in [0.05, 0.1) is 5.69 Å². The third-order valence-corrected chi connectivity index (χ3v) is 4.65. The quantitative estimate of drug-likeness (QED) is 0.797. The number of nitrogens with zero attached hydrogens (tertiary/aromatic N) is 7. The molecule has 1 aliphatic heterocycles. The van der Waals surface area contributed by atoms with E-state index in [1.807, 2.05) is 22.7 Å². The van der Waals surface area contributed by atoms with Gasteiger partial charge in [-0.2, -0.15) is 5.10 Å². The van der Waals surface area contributed by atoms with E-state index in [2.05, 4.69) is 27.3 Å². The first-order chi connectivity index (χ1) is 11.7. The third-order valence-electron chi connectivity index (χ3n) is 4.65. The first-order valence-corrected chi connectivity index (χ1v) is 8.69. The highest BCUT2D eigenvalue weighted by Gasteiger charge is 2.27. The fourth-order valence-electron chi connectivity index (χ4n) is 3.19. The van der Waals surface area contributed by atoms with E-state index in [9.17, 15) is 4.79 Å². The smallest absolute Gasteiger partial charge is 0.247 e. The predicted octanol–water partition coefficient (Wildman–Crippen LogP) is 1.32. The standard InChI is InChI=1S/C16H25N7O/c1-3-4-15-10-22(20-19-15)9-14-5-7-21(8-6-14)16(24)13(2)23-12-17-11-18-23/h10-14H,3-9H2,1-2H3. The first kappa shape index (κ1) is 16.6. The molecule has 24 heavy (non-hydrogen) atoms. The Morgan fingerprint density at radius 3 is 2.83 bits per heavy atom. The minimum Gasteiger partial charge on any atom is -0.341 e. The molecule has 130 valence electrons. The van der Waals surface area contributed by atoms with Gasteiger partial charge in [-0.15, -0.1) is 5.10 Å². The molecule has 2 aromatic rings. The summed E-state index contributed by atoms with van der Waals surface area (Å²) in [5.74, 6) is 0.664. The largest absolute Gasteiger partial charge is 0.341 e. The molecular formula is C16H25N7O. The van der Waals surface area contributed by atoms with Crippen molar-refractivity contribution in [2.45, 2.75) is 52.1 Å². The number of aryl methyl sites for hydroxylation is 1. The lowest BCUT2D eigenvalue weighted by molar-refractivity contribution is -0.136. The molecule has 0 aliphatic carbocycles. The van der Waals surface area contributed by atoms with Gasteiger partial charge in [-0.3, -0.25) is 9.48 Å². The van der Waals surface area contributed by atoms with Gasteiger partial charge in [0, 0.05) is 25.8 Å². The molecule has 1 fully saturated rings. The molecule has 0 radical (unpaired) electrons. The van der Waals surface area contributed by atoms with Crippen LogP contribution in [0.4, 0.5) is 0 Å². The molecule has 2 aromatic heterocycles. The summed E-state index contributed by atoms with van der Waals surface area (Å²) in [6, 6.07) is -0.295. The van der Waals surface area contributed by atoms with Crippen LogP contribution in [-0.4, -0.2) is 53.7 Å². The van der Waals surface area contributed by atoms with Crippen LogP contribution >= 0.6 is 0 Å². The van der Waals surface area contributed by atoms with E-state index < -0.39 is 0 Å². The van der Waals surface area contributed by atoms with Crippen LogP contribution in [-0.2, 0) is 17.8 Å². The summed E-state index contributed by atoms with van der Waals surface area (Å²) >= 11 is 0. The van der Waals surface area contributed by atoms with E-state index in [1.165, 1.54) is 6.33 Å². The first-order valence-electron chi connectivity index (χ1n) is 8.69. The summed E-state index contributed by atoms with van der Waals surface area (Å²) < 4.78 is 3.56. The van der Waals surface area contributed by atoms with Crippen LogP contribution in [0.15, 0.2) is 18.9 Å². The molecule has 0 aromatic carbocycles. The molecule has 3 rings (SSSR count). The maximum absolute atomic E-state index is 12.5. The minimum absolute atomic E-state index is 0.116. The van der Waals surface area contributed by atoms with E-state index in [-0.39, 0.29) is 11.9 Å². The topological polar surface area (TPSA) is 81.7 Å². The fraction of sp³-hybridized carbons (Fsp3) is 0.688. The average molecular weight is 331 g/mol. The second-order valence-electron chi connectivity index (χ2n) is 6.50. The SMILES string of the molecule is CCCc1cn(CC2CCN(C(=O)C(C)n3cncn3)CC2)nn1. The second kappa shape index (κ2) is 7.55. The minimum atomic E-state index is -0.295. The van der Waals surface area contributed by atoms with Crippen molar-refractivity contribution < 1.29 is 4.79 Å². The number of likely N-dealkylation sites (tertiary alicyclic amines) is 1. The zero-order valence-electron chi connectivity index (χ0n) is 14.4. The predicted molar refractivity (Wildman–Crippen MR) is 88.1 cm³/mol. The van der Waals surface area contributed by atoms with E-state index in [0.717, 1.165) is 51.0 Å². The summed E-state index contributed by atoms with van der Waals surface area (Å²) in [5, 5.41) is 12.5. The van der Waals surface area contributed by atoms with Gasteiger partial charge in [-0.05, 0) is 32.1 Å². The van der Waals surface area contributed by atoms with Gasteiger partial charge in [0.15, 0.2) is 0 Å². The normalized spacial score (nSPS) is 17.2. The molecule has 8 nitrogen and oxygen atoms in total. The summed E-state index contributed by atoms with van der Waals surface area (Å²) in [4.78, 5) is 18.4. The van der Waals surface area contributed by atoms with E-state index in [4.69, 9.17) is 0 Å². The Morgan fingerprint density at radius 1 is 1.38 bits per heavy atom. The molecule has 0 spiro atoms. The van der Waals surface area contributed by atoms with Crippen LogP contribution < -0.4 is 0 Å². The number of piperidine rings is 1. The molecule has 1 aliphatic rings. The van der Waals surface area contributed by atoms with Crippen LogP contribution in [0.1, 0.15) is 44.8 Å². The maximum Gasteiger partial charge on any atom is 0.247 e. The van der Waals surface area contributed by atoms with Crippen molar-refractivity contribution in [1.29, 1.82) is 0 Å². The molecular weight excluding hydrogens is 306 g/mol. The molecule has 1 amide bonds. The molecule has 1 unspecified atom stereocenters. The Labute approximate surface area is 141 Å². The van der Waals surface area contributed by atoms with E-state index in [1.54, 1.807) is 11.0 Å². The Hall–Kier alpha value is -2.25. The van der Waals surface area contributed by atoms with Crippen LogP contribution in [0.5, 0.6) is 0 Å². The lowest BCUT2D eigenvalue weighted by Gasteiger charge is -2.33. The Kier molecular flexibility index (Phi) is 5.22. The maximum atomic E-state index is 12.5. The third kappa shape index (κ3) is 3.80. The van der Waals surface area contributed by atoms with Crippen molar-refractivity contribution in [2.75, 3.05) is 13.1 Å². The number of hydrogen-bond acceptors (Lipinski definition) is 5. The van der Waals surface area contributed by atoms with Gasteiger partial charge < -0.3 is 4.90 Å². The Bertz CT molecular complexity index is 643. The van der Waals surface area contributed by atoms with Gasteiger partial charge in [-0.1, -0.05) is 18.6 Å². The molecule has 8 heteroatoms. The average Bonchev–Trinajstić information content (AvgIpc) is 3.27. The highest BCUT2D eigenvalue weighted by atomic mass is 16.2. The van der Waals surface area contributed by atoms with Gasteiger partial charge >= 0.3 is 0 Å². The van der Waals surface area contributed by atoms with Crippen molar-refractivity contribution >= 4 is 5.91 Å². The Balaban J connectivity index is 1.49. The summed E-state index contributed by atoms with van der Waals surface area (Å²) in [6.45, 7) is 6.48. The number of carbonyl (C=O) groups excluding carboxylic acids is 1.